The lowest BCUT2D eigenvalue weighted by Gasteiger charge is -2.17. The Hall–Kier alpha value is -1.48. The molecule has 1 aliphatic carbocycles. The van der Waals surface area contributed by atoms with Crippen LogP contribution >= 0.6 is 11.6 Å². The molecule has 1 aromatic carbocycles. The number of rotatable bonds is 1. The molecule has 3 unspecified atom stereocenters. The molecule has 0 saturated carbocycles. The molecule has 4 heteroatoms. The lowest BCUT2D eigenvalue weighted by Crippen LogP contribution is -2.24. The first-order chi connectivity index (χ1) is 8.15. The van der Waals surface area contributed by atoms with Gasteiger partial charge in [0.25, 0.3) is 0 Å². The van der Waals surface area contributed by atoms with Gasteiger partial charge in [-0.1, -0.05) is 11.6 Å². The molecule has 0 amide bonds. The van der Waals surface area contributed by atoms with Crippen LogP contribution in [0.15, 0.2) is 30.4 Å². The lowest BCUT2D eigenvalue weighted by atomic mass is 9.95. The summed E-state index contributed by atoms with van der Waals surface area (Å²) < 4.78 is 11.0. The van der Waals surface area contributed by atoms with Crippen LogP contribution in [0.5, 0.6) is 5.75 Å². The summed E-state index contributed by atoms with van der Waals surface area (Å²) in [6.07, 6.45) is 3.51. The van der Waals surface area contributed by atoms with Gasteiger partial charge in [-0.05, 0) is 30.4 Å². The third-order valence-corrected chi connectivity index (χ3v) is 3.33. The van der Waals surface area contributed by atoms with Crippen molar-refractivity contribution in [2.75, 3.05) is 0 Å². The number of esters is 1. The Morgan fingerprint density at radius 2 is 2.24 bits per heavy atom. The summed E-state index contributed by atoms with van der Waals surface area (Å²) in [6.45, 7) is 1.41. The molecule has 2 aliphatic rings. The minimum absolute atomic E-state index is 0.0348. The van der Waals surface area contributed by atoms with Gasteiger partial charge in [0.15, 0.2) is 0 Å². The van der Waals surface area contributed by atoms with Crippen LogP contribution in [0.25, 0.3) is 0 Å². The van der Waals surface area contributed by atoms with Crippen molar-refractivity contribution in [1.82, 2.24) is 0 Å². The summed E-state index contributed by atoms with van der Waals surface area (Å²) in [5, 5.41) is 0.668. The van der Waals surface area contributed by atoms with E-state index in [1.807, 2.05) is 24.3 Å². The molecule has 0 saturated heterocycles. The fourth-order valence-electron chi connectivity index (χ4n) is 2.45. The average Bonchev–Trinajstić information content (AvgIpc) is 2.78. The first-order valence-corrected chi connectivity index (χ1v) is 5.84. The van der Waals surface area contributed by atoms with Gasteiger partial charge in [0, 0.05) is 17.5 Å². The molecule has 0 N–H and O–H groups in total. The molecule has 1 aliphatic heterocycles. The first kappa shape index (κ1) is 10.7. The van der Waals surface area contributed by atoms with Gasteiger partial charge in [0.2, 0.25) is 0 Å². The van der Waals surface area contributed by atoms with Crippen LogP contribution in [-0.2, 0) is 9.53 Å². The summed E-state index contributed by atoms with van der Waals surface area (Å²) >= 11 is 5.98. The maximum Gasteiger partial charge on any atom is 0.303 e. The predicted molar refractivity (Wildman–Crippen MR) is 63.3 cm³/mol. The minimum Gasteiger partial charge on any atom is -0.485 e. The van der Waals surface area contributed by atoms with Crippen molar-refractivity contribution < 1.29 is 14.3 Å². The van der Waals surface area contributed by atoms with Gasteiger partial charge in [0.1, 0.15) is 18.0 Å². The van der Waals surface area contributed by atoms with Crippen molar-refractivity contribution in [3.63, 3.8) is 0 Å². The Bertz CT molecular complexity index is 509. The predicted octanol–water partition coefficient (Wildman–Crippen LogP) is 2.69. The molecule has 3 nitrogen and oxygen atoms in total. The fraction of sp³-hybridized carbons (Fsp3) is 0.308. The highest BCUT2D eigenvalue weighted by Crippen LogP contribution is 2.45. The summed E-state index contributed by atoms with van der Waals surface area (Å²) in [7, 11) is 0. The SMILES string of the molecule is CC(=O)OC1C=CC2Oc3ccc(Cl)cc3C12. The van der Waals surface area contributed by atoms with Crippen LogP contribution in [0.2, 0.25) is 5.02 Å². The zero-order valence-corrected chi connectivity index (χ0v) is 9.98. The van der Waals surface area contributed by atoms with Crippen molar-refractivity contribution >= 4 is 17.6 Å². The first-order valence-electron chi connectivity index (χ1n) is 5.47. The molecule has 17 heavy (non-hydrogen) atoms. The molecule has 1 aromatic rings. The number of benzene rings is 1. The zero-order chi connectivity index (χ0) is 12.0. The van der Waals surface area contributed by atoms with Gasteiger partial charge in [-0.2, -0.15) is 0 Å². The molecule has 0 radical (unpaired) electrons. The minimum atomic E-state index is -0.282. The molecule has 3 atom stereocenters. The standard InChI is InChI=1S/C13H11ClO3/c1-7(15)16-11-4-5-12-13(11)9-6-8(14)2-3-10(9)17-12/h2-6,11-13H,1H3. The van der Waals surface area contributed by atoms with E-state index in [4.69, 9.17) is 21.1 Å². The van der Waals surface area contributed by atoms with Gasteiger partial charge in [-0.3, -0.25) is 4.79 Å². The second-order valence-corrected chi connectivity index (χ2v) is 4.69. The third kappa shape index (κ3) is 1.71. The number of halogens is 1. The van der Waals surface area contributed by atoms with Crippen LogP contribution in [0.1, 0.15) is 18.4 Å². The van der Waals surface area contributed by atoms with E-state index < -0.39 is 0 Å². The van der Waals surface area contributed by atoms with Gasteiger partial charge >= 0.3 is 5.97 Å². The highest BCUT2D eigenvalue weighted by atomic mass is 35.5. The molecule has 1 heterocycles. The Balaban J connectivity index is 1.96. The number of hydrogen-bond donors (Lipinski definition) is 0. The van der Waals surface area contributed by atoms with Crippen LogP contribution in [0.3, 0.4) is 0 Å². The van der Waals surface area contributed by atoms with Crippen molar-refractivity contribution in [3.8, 4) is 5.75 Å². The van der Waals surface area contributed by atoms with E-state index >= 15 is 0 Å². The monoisotopic (exact) mass is 250 g/mol. The molecule has 0 bridgehead atoms. The molecule has 0 spiro atoms. The fourth-order valence-corrected chi connectivity index (χ4v) is 2.63. The topological polar surface area (TPSA) is 35.5 Å². The zero-order valence-electron chi connectivity index (χ0n) is 9.22. The quantitative estimate of drug-likeness (QED) is 0.568. The summed E-state index contributed by atoms with van der Waals surface area (Å²) in [4.78, 5) is 11.0. The highest BCUT2D eigenvalue weighted by Gasteiger charge is 2.43. The van der Waals surface area contributed by atoms with Gasteiger partial charge < -0.3 is 9.47 Å². The number of carbonyl (C=O) groups excluding carboxylic acids is 1. The maximum absolute atomic E-state index is 11.0. The second kappa shape index (κ2) is 3.77. The Labute approximate surface area is 104 Å². The van der Waals surface area contributed by atoms with E-state index in [2.05, 4.69) is 0 Å². The van der Waals surface area contributed by atoms with Gasteiger partial charge in [-0.15, -0.1) is 0 Å². The maximum atomic E-state index is 11.0. The van der Waals surface area contributed by atoms with Crippen LogP contribution in [-0.4, -0.2) is 18.2 Å². The molecular weight excluding hydrogens is 240 g/mol. The smallest absolute Gasteiger partial charge is 0.303 e. The Kier molecular flexibility index (Phi) is 2.37. The number of carbonyl (C=O) groups is 1. The highest BCUT2D eigenvalue weighted by molar-refractivity contribution is 6.30. The van der Waals surface area contributed by atoms with Gasteiger partial charge in [0.05, 0.1) is 5.92 Å². The summed E-state index contributed by atoms with van der Waals surface area (Å²) in [5.41, 5.74) is 1.01. The molecule has 3 rings (SSSR count). The Morgan fingerprint density at radius 3 is 3.00 bits per heavy atom. The number of ether oxygens (including phenoxy) is 2. The molecule has 88 valence electrons. The van der Waals surface area contributed by atoms with Crippen LogP contribution < -0.4 is 4.74 Å². The average molecular weight is 251 g/mol. The van der Waals surface area contributed by atoms with E-state index in [9.17, 15) is 4.79 Å². The van der Waals surface area contributed by atoms with Crippen molar-refractivity contribution in [3.05, 3.63) is 40.9 Å². The lowest BCUT2D eigenvalue weighted by molar-refractivity contribution is -0.145. The third-order valence-electron chi connectivity index (χ3n) is 3.09. The van der Waals surface area contributed by atoms with Crippen molar-refractivity contribution in [2.24, 2.45) is 0 Å². The van der Waals surface area contributed by atoms with E-state index in [1.54, 1.807) is 6.07 Å². The van der Waals surface area contributed by atoms with E-state index in [0.717, 1.165) is 11.3 Å². The molecule has 0 fully saturated rings. The number of fused-ring (bicyclic) bond motifs is 3. The van der Waals surface area contributed by atoms with E-state index in [1.165, 1.54) is 6.92 Å². The van der Waals surface area contributed by atoms with Crippen LogP contribution in [0.4, 0.5) is 0 Å². The van der Waals surface area contributed by atoms with Crippen molar-refractivity contribution in [1.29, 1.82) is 0 Å². The van der Waals surface area contributed by atoms with Crippen molar-refractivity contribution in [2.45, 2.75) is 25.0 Å². The molecule has 0 aromatic heterocycles. The summed E-state index contributed by atoms with van der Waals surface area (Å²) in [5.74, 6) is 0.578. The largest absolute Gasteiger partial charge is 0.485 e. The van der Waals surface area contributed by atoms with Gasteiger partial charge in [-0.25, -0.2) is 0 Å². The van der Waals surface area contributed by atoms with E-state index in [0.29, 0.717) is 5.02 Å². The summed E-state index contributed by atoms with van der Waals surface area (Å²) in [6, 6.07) is 5.53. The number of hydrogen-bond acceptors (Lipinski definition) is 3. The van der Waals surface area contributed by atoms with E-state index in [-0.39, 0.29) is 24.1 Å². The normalized spacial score (nSPS) is 28.5. The van der Waals surface area contributed by atoms with Crippen LogP contribution in [0, 0.1) is 0 Å². The second-order valence-electron chi connectivity index (χ2n) is 4.25. The Morgan fingerprint density at radius 1 is 1.41 bits per heavy atom. The molecular formula is C13H11ClO3.